The molecule has 2 heterocycles. The van der Waals surface area contributed by atoms with E-state index >= 15 is 4.79 Å². The van der Waals surface area contributed by atoms with Gasteiger partial charge in [0.15, 0.2) is 0 Å². The Kier molecular flexibility index (Phi) is 9.81. The van der Waals surface area contributed by atoms with Gasteiger partial charge in [0.2, 0.25) is 5.91 Å². The number of hydrogen-bond donors (Lipinski definition) is 1. The summed E-state index contributed by atoms with van der Waals surface area (Å²) in [5.41, 5.74) is 2.56. The van der Waals surface area contributed by atoms with Crippen molar-refractivity contribution in [2.24, 2.45) is 81.0 Å². The van der Waals surface area contributed by atoms with Gasteiger partial charge in [-0.3, -0.25) is 14.4 Å². The predicted octanol–water partition coefficient (Wildman–Crippen LogP) is 11.1. The SMILES string of the molecule is C=C(C)[C@@H]1CC[C@]2(C(=O)N3CCC[C@H]3c3nc(-c4ccccc4)cn3C)CC[C@]3(C)[C@H](CC[C@@H]4[C@@]5(C)CC[C@H](OC(=O)[C@H]6C[C@@H](C(=O)O)C6(C)C)C(C)(C)[C@@H]5CC[C@]43C)[C@@H]12. The second kappa shape index (κ2) is 14.0. The average molecular weight is 820 g/mol. The van der Waals surface area contributed by atoms with E-state index in [0.717, 1.165) is 94.3 Å². The Labute approximate surface area is 359 Å². The van der Waals surface area contributed by atoms with Crippen LogP contribution in [0.1, 0.15) is 151 Å². The number of fused-ring (bicyclic) bond motifs is 7. The van der Waals surface area contributed by atoms with Gasteiger partial charge in [-0.2, -0.15) is 0 Å². The van der Waals surface area contributed by atoms with Crippen molar-refractivity contribution in [3.05, 3.63) is 54.5 Å². The lowest BCUT2D eigenvalue weighted by atomic mass is 9.32. The molecule has 0 bridgehead atoms. The lowest BCUT2D eigenvalue weighted by Crippen LogP contribution is -2.67. The summed E-state index contributed by atoms with van der Waals surface area (Å²) < 4.78 is 8.64. The molecule has 0 radical (unpaired) electrons. The average Bonchev–Trinajstić information content (AvgIpc) is 3.93. The van der Waals surface area contributed by atoms with Gasteiger partial charge in [-0.15, -0.1) is 0 Å². The number of carboxylic acids is 1. The molecule has 6 saturated carbocycles. The first-order valence-electron chi connectivity index (χ1n) is 23.7. The molecule has 1 saturated heterocycles. The van der Waals surface area contributed by atoms with Crippen LogP contribution >= 0.6 is 0 Å². The number of ether oxygens (including phenoxy) is 1. The number of imidazole rings is 1. The maximum Gasteiger partial charge on any atom is 0.309 e. The van der Waals surface area contributed by atoms with Crippen LogP contribution in [-0.2, 0) is 26.2 Å². The van der Waals surface area contributed by atoms with E-state index in [4.69, 9.17) is 9.72 Å². The lowest BCUT2D eigenvalue weighted by Gasteiger charge is -2.73. The Morgan fingerprint density at radius 2 is 1.55 bits per heavy atom. The monoisotopic (exact) mass is 820 g/mol. The van der Waals surface area contributed by atoms with Crippen molar-refractivity contribution in [2.45, 2.75) is 151 Å². The highest BCUT2D eigenvalue weighted by molar-refractivity contribution is 5.85. The quantitative estimate of drug-likeness (QED) is 0.220. The summed E-state index contributed by atoms with van der Waals surface area (Å²) in [5, 5.41) is 9.71. The number of carbonyl (C=O) groups is 3. The highest BCUT2D eigenvalue weighted by Gasteiger charge is 2.72. The van der Waals surface area contributed by atoms with Gasteiger partial charge in [0.25, 0.3) is 0 Å². The molecular formula is C52H73N3O5. The van der Waals surface area contributed by atoms with Crippen molar-refractivity contribution in [3.8, 4) is 11.3 Å². The van der Waals surface area contributed by atoms with E-state index in [9.17, 15) is 14.7 Å². The summed E-state index contributed by atoms with van der Waals surface area (Å²) >= 11 is 0. The van der Waals surface area contributed by atoms with Crippen LogP contribution < -0.4 is 0 Å². The molecule has 9 rings (SSSR count). The molecule has 1 aliphatic heterocycles. The molecular weight excluding hydrogens is 747 g/mol. The molecule has 1 amide bonds. The minimum Gasteiger partial charge on any atom is -0.481 e. The molecule has 1 aromatic heterocycles. The molecule has 326 valence electrons. The number of hydrogen-bond acceptors (Lipinski definition) is 5. The number of likely N-dealkylation sites (tertiary alicyclic amines) is 1. The standard InChI is InChI=1S/C52H73N3O5/c1-31(2)33-20-25-52(46(59)55-28-14-17-38(55)43-53-37(30-54(43)10)32-15-12-11-13-16-32)27-26-50(8)34(42(33)52)18-19-40-49(7)23-22-41(48(5,6)39(49)21-24-51(40,50)9)60-45(58)36-29-35(44(56)57)47(36,3)4/h11-13,15-16,30,33-36,38-42H,1,14,17-29H2,2-10H3,(H,56,57)/t33-,34+,35-,36+,38-,39-,40+,41-,42+,49-,50+,51+,52-/m0/s1. The number of allylic oxidation sites excluding steroid dienone is 1. The van der Waals surface area contributed by atoms with Crippen molar-refractivity contribution in [3.63, 3.8) is 0 Å². The van der Waals surface area contributed by atoms with Gasteiger partial charge in [-0.05, 0) is 142 Å². The van der Waals surface area contributed by atoms with Gasteiger partial charge in [-0.25, -0.2) is 4.98 Å². The molecule has 0 unspecified atom stereocenters. The van der Waals surface area contributed by atoms with Gasteiger partial charge < -0.3 is 19.3 Å². The van der Waals surface area contributed by atoms with Crippen molar-refractivity contribution >= 4 is 17.8 Å². The highest BCUT2D eigenvalue weighted by atomic mass is 16.5. The van der Waals surface area contributed by atoms with E-state index in [0.29, 0.717) is 41.9 Å². The summed E-state index contributed by atoms with van der Waals surface area (Å²) in [5.74, 6) is 1.63. The fourth-order valence-electron chi connectivity index (χ4n) is 16.8. The second-order valence-corrected chi connectivity index (χ2v) is 23.2. The minimum absolute atomic E-state index is 0.00437. The summed E-state index contributed by atoms with van der Waals surface area (Å²) in [6.45, 7) is 24.1. The van der Waals surface area contributed by atoms with Gasteiger partial charge in [0, 0.05) is 30.8 Å². The Morgan fingerprint density at radius 1 is 0.817 bits per heavy atom. The van der Waals surface area contributed by atoms with E-state index in [2.05, 4.69) is 95.1 Å². The fraction of sp³-hybridized carbons (Fsp3) is 0.731. The molecule has 60 heavy (non-hydrogen) atoms. The topological polar surface area (TPSA) is 102 Å². The van der Waals surface area contributed by atoms with Crippen molar-refractivity contribution in [2.75, 3.05) is 6.54 Å². The third kappa shape index (κ3) is 5.72. The van der Waals surface area contributed by atoms with E-state index in [1.54, 1.807) is 0 Å². The second-order valence-electron chi connectivity index (χ2n) is 23.2. The zero-order valence-electron chi connectivity index (χ0n) is 38.2. The van der Waals surface area contributed by atoms with Gasteiger partial charge in [0.05, 0.1) is 29.0 Å². The Balaban J connectivity index is 0.975. The number of amides is 1. The molecule has 1 N–H and O–H groups in total. The van der Waals surface area contributed by atoms with Crippen molar-refractivity contribution in [1.82, 2.24) is 14.5 Å². The lowest BCUT2D eigenvalue weighted by molar-refractivity contribution is -0.251. The van der Waals surface area contributed by atoms with E-state index in [1.807, 2.05) is 19.9 Å². The van der Waals surface area contributed by atoms with E-state index < -0.39 is 17.3 Å². The number of aryl methyl sites for hydroxylation is 1. The van der Waals surface area contributed by atoms with Crippen LogP contribution in [0.4, 0.5) is 0 Å². The summed E-state index contributed by atoms with van der Waals surface area (Å²) in [7, 11) is 2.10. The van der Waals surface area contributed by atoms with E-state index in [-0.39, 0.29) is 51.1 Å². The third-order valence-electron chi connectivity index (χ3n) is 20.3. The fourth-order valence-corrected chi connectivity index (χ4v) is 16.8. The summed E-state index contributed by atoms with van der Waals surface area (Å²) in [4.78, 5) is 48.7. The van der Waals surface area contributed by atoms with Crippen LogP contribution in [0.25, 0.3) is 11.3 Å². The van der Waals surface area contributed by atoms with Crippen molar-refractivity contribution in [1.29, 1.82) is 0 Å². The minimum atomic E-state index is -0.816. The Bertz CT molecular complexity index is 2070. The number of aromatic nitrogens is 2. The van der Waals surface area contributed by atoms with Gasteiger partial charge >= 0.3 is 11.9 Å². The number of benzene rings is 1. The molecule has 1 aromatic carbocycles. The van der Waals surface area contributed by atoms with E-state index in [1.165, 1.54) is 12.0 Å². The zero-order valence-corrected chi connectivity index (χ0v) is 38.2. The van der Waals surface area contributed by atoms with Crippen LogP contribution in [0.15, 0.2) is 48.7 Å². The van der Waals surface area contributed by atoms with Gasteiger partial charge in [-0.1, -0.05) is 91.0 Å². The number of carbonyl (C=O) groups excluding carboxylic acids is 2. The first kappa shape index (κ1) is 41.9. The largest absolute Gasteiger partial charge is 0.481 e. The van der Waals surface area contributed by atoms with Crippen LogP contribution in [-0.4, -0.2) is 50.1 Å². The number of esters is 1. The Morgan fingerprint density at radius 3 is 2.23 bits per heavy atom. The Hall–Kier alpha value is -3.42. The highest BCUT2D eigenvalue weighted by Crippen LogP contribution is 2.78. The van der Waals surface area contributed by atoms with Crippen LogP contribution in [0.3, 0.4) is 0 Å². The smallest absolute Gasteiger partial charge is 0.309 e. The molecule has 8 nitrogen and oxygen atoms in total. The summed E-state index contributed by atoms with van der Waals surface area (Å²) in [6.07, 6.45) is 14.9. The molecule has 7 aliphatic rings. The number of nitrogens with zero attached hydrogens (tertiary/aromatic N) is 3. The molecule has 13 atom stereocenters. The molecule has 8 heteroatoms. The first-order chi connectivity index (χ1) is 28.2. The normalized spacial score (nSPS) is 42.5. The maximum absolute atomic E-state index is 15.6. The number of aliphatic carboxylic acids is 1. The number of rotatable bonds is 7. The van der Waals surface area contributed by atoms with Crippen LogP contribution in [0.2, 0.25) is 0 Å². The molecule has 7 fully saturated rings. The zero-order chi connectivity index (χ0) is 42.9. The molecule has 2 aromatic rings. The number of carboxylic acid groups (broad SMARTS) is 1. The van der Waals surface area contributed by atoms with Gasteiger partial charge in [0.1, 0.15) is 11.9 Å². The maximum atomic E-state index is 15.6. The first-order valence-corrected chi connectivity index (χ1v) is 23.7. The van der Waals surface area contributed by atoms with Crippen LogP contribution in [0.5, 0.6) is 0 Å². The van der Waals surface area contributed by atoms with Crippen LogP contribution in [0, 0.1) is 73.9 Å². The third-order valence-corrected chi connectivity index (χ3v) is 20.3. The molecule has 6 aliphatic carbocycles. The summed E-state index contributed by atoms with van der Waals surface area (Å²) in [6, 6.07) is 10.4. The van der Waals surface area contributed by atoms with Crippen molar-refractivity contribution < 1.29 is 24.2 Å². The predicted molar refractivity (Wildman–Crippen MR) is 234 cm³/mol. The molecule has 0 spiro atoms.